The summed E-state index contributed by atoms with van der Waals surface area (Å²) in [5, 5.41) is 7.06. The molecule has 0 fully saturated rings. The van der Waals surface area contributed by atoms with Gasteiger partial charge in [0, 0.05) is 24.0 Å². The second-order valence-corrected chi connectivity index (χ2v) is 4.63. The Morgan fingerprint density at radius 1 is 1.50 bits per heavy atom. The highest BCUT2D eigenvalue weighted by Crippen LogP contribution is 2.21. The van der Waals surface area contributed by atoms with E-state index in [4.69, 9.17) is 5.73 Å². The molecule has 0 aliphatic carbocycles. The number of halogens is 1. The van der Waals surface area contributed by atoms with Crippen LogP contribution in [0.5, 0.6) is 0 Å². The molecule has 6 heteroatoms. The van der Waals surface area contributed by atoms with Gasteiger partial charge in [-0.2, -0.15) is 5.10 Å². The van der Waals surface area contributed by atoms with E-state index in [-0.39, 0.29) is 5.82 Å². The molecule has 0 radical (unpaired) electrons. The second kappa shape index (κ2) is 5.73. The average molecular weight is 276 g/mol. The van der Waals surface area contributed by atoms with Gasteiger partial charge in [-0.15, -0.1) is 0 Å². The van der Waals surface area contributed by atoms with Gasteiger partial charge < -0.3 is 11.1 Å². The van der Waals surface area contributed by atoms with Gasteiger partial charge in [0.2, 0.25) is 5.91 Å². The van der Waals surface area contributed by atoms with Crippen molar-refractivity contribution >= 4 is 11.6 Å². The number of aromatic nitrogens is 2. The van der Waals surface area contributed by atoms with E-state index < -0.39 is 11.9 Å². The lowest BCUT2D eigenvalue weighted by atomic mass is 10.1. The third-order valence-electron chi connectivity index (χ3n) is 2.95. The van der Waals surface area contributed by atoms with E-state index >= 15 is 0 Å². The number of carbonyl (C=O) groups excluding carboxylic acids is 1. The summed E-state index contributed by atoms with van der Waals surface area (Å²) < 4.78 is 15.1. The van der Waals surface area contributed by atoms with E-state index in [2.05, 4.69) is 10.4 Å². The minimum Gasteiger partial charge on any atom is -0.370 e. The van der Waals surface area contributed by atoms with E-state index in [1.807, 2.05) is 6.92 Å². The molecular formula is C14H17FN4O. The Labute approximate surface area is 116 Å². The number of primary amides is 1. The molecule has 2 rings (SSSR count). The molecule has 5 nitrogen and oxygen atoms in total. The molecule has 1 amide bonds. The zero-order chi connectivity index (χ0) is 14.7. The smallest absolute Gasteiger partial charge is 0.244 e. The number of nitrogens with zero attached hydrogens (tertiary/aromatic N) is 2. The Bertz CT molecular complexity index is 603. The lowest BCUT2D eigenvalue weighted by Gasteiger charge is -2.15. The molecule has 0 aliphatic rings. The van der Waals surface area contributed by atoms with Crippen molar-refractivity contribution in [1.29, 1.82) is 0 Å². The highest BCUT2D eigenvalue weighted by atomic mass is 19.1. The number of rotatable bonds is 5. The van der Waals surface area contributed by atoms with Crippen LogP contribution in [0.3, 0.4) is 0 Å². The molecule has 0 spiro atoms. The van der Waals surface area contributed by atoms with Crippen LogP contribution < -0.4 is 11.1 Å². The van der Waals surface area contributed by atoms with Crippen molar-refractivity contribution in [2.24, 2.45) is 5.73 Å². The van der Waals surface area contributed by atoms with Crippen LogP contribution in [0.4, 0.5) is 10.1 Å². The number of aryl methyl sites for hydroxylation is 2. The van der Waals surface area contributed by atoms with Crippen LogP contribution in [-0.4, -0.2) is 15.7 Å². The third kappa shape index (κ3) is 3.14. The molecule has 3 N–H and O–H groups in total. The number of nitrogens with one attached hydrogen (secondary N) is 1. The maximum atomic E-state index is 13.4. The van der Waals surface area contributed by atoms with Crippen LogP contribution in [0.25, 0.3) is 0 Å². The standard InChI is InChI=1S/C14H17FN4O/c1-3-19-8-10(7-17-19)13(14(16)20)18-12-5-9(2)4-11(15)6-12/h4-8,13,18H,3H2,1-2H3,(H2,16,20). The van der Waals surface area contributed by atoms with Gasteiger partial charge in [0.1, 0.15) is 11.9 Å². The van der Waals surface area contributed by atoms with Crippen molar-refractivity contribution in [2.45, 2.75) is 26.4 Å². The van der Waals surface area contributed by atoms with E-state index in [0.717, 1.165) is 5.56 Å². The molecular weight excluding hydrogens is 259 g/mol. The zero-order valence-corrected chi connectivity index (χ0v) is 11.4. The summed E-state index contributed by atoms with van der Waals surface area (Å²) in [6, 6.07) is 3.76. The summed E-state index contributed by atoms with van der Waals surface area (Å²) >= 11 is 0. The quantitative estimate of drug-likeness (QED) is 0.877. The second-order valence-electron chi connectivity index (χ2n) is 4.63. The van der Waals surface area contributed by atoms with Gasteiger partial charge in [0.15, 0.2) is 0 Å². The fraction of sp³-hybridized carbons (Fsp3) is 0.286. The van der Waals surface area contributed by atoms with E-state index in [1.165, 1.54) is 12.1 Å². The van der Waals surface area contributed by atoms with Crippen molar-refractivity contribution in [2.75, 3.05) is 5.32 Å². The van der Waals surface area contributed by atoms with E-state index in [0.29, 0.717) is 17.8 Å². The predicted octanol–water partition coefficient (Wildman–Crippen LogP) is 1.99. The number of nitrogens with two attached hydrogens (primary N) is 1. The summed E-state index contributed by atoms with van der Waals surface area (Å²) in [7, 11) is 0. The first-order chi connectivity index (χ1) is 9.49. The maximum absolute atomic E-state index is 13.4. The fourth-order valence-electron chi connectivity index (χ4n) is 2.01. The molecule has 0 saturated carbocycles. The summed E-state index contributed by atoms with van der Waals surface area (Å²) in [6.07, 6.45) is 3.33. The third-order valence-corrected chi connectivity index (χ3v) is 2.95. The maximum Gasteiger partial charge on any atom is 0.244 e. The van der Waals surface area contributed by atoms with Crippen LogP contribution >= 0.6 is 0 Å². The Morgan fingerprint density at radius 3 is 2.80 bits per heavy atom. The first-order valence-corrected chi connectivity index (χ1v) is 6.35. The Kier molecular flexibility index (Phi) is 4.02. The average Bonchev–Trinajstić information content (AvgIpc) is 2.82. The van der Waals surface area contributed by atoms with Crippen molar-refractivity contribution in [3.05, 3.63) is 47.5 Å². The lowest BCUT2D eigenvalue weighted by molar-refractivity contribution is -0.118. The normalized spacial score (nSPS) is 12.2. The molecule has 0 bridgehead atoms. The Balaban J connectivity index is 2.27. The van der Waals surface area contributed by atoms with Crippen molar-refractivity contribution in [1.82, 2.24) is 9.78 Å². The highest BCUT2D eigenvalue weighted by molar-refractivity contribution is 5.84. The molecule has 1 unspecified atom stereocenters. The minimum absolute atomic E-state index is 0.361. The van der Waals surface area contributed by atoms with Gasteiger partial charge in [-0.25, -0.2) is 4.39 Å². The molecule has 1 heterocycles. The molecule has 0 aliphatic heterocycles. The monoisotopic (exact) mass is 276 g/mol. The summed E-state index contributed by atoms with van der Waals surface area (Å²) in [5.41, 5.74) is 7.34. The van der Waals surface area contributed by atoms with Crippen LogP contribution in [-0.2, 0) is 11.3 Å². The molecule has 2 aromatic rings. The van der Waals surface area contributed by atoms with Gasteiger partial charge in [0.05, 0.1) is 6.20 Å². The molecule has 0 saturated heterocycles. The summed E-state index contributed by atoms with van der Waals surface area (Å²) in [6.45, 7) is 4.42. The number of carbonyl (C=O) groups is 1. The number of amides is 1. The molecule has 106 valence electrons. The molecule has 1 atom stereocenters. The molecule has 20 heavy (non-hydrogen) atoms. The van der Waals surface area contributed by atoms with Crippen molar-refractivity contribution in [3.8, 4) is 0 Å². The zero-order valence-electron chi connectivity index (χ0n) is 11.4. The van der Waals surface area contributed by atoms with Crippen LogP contribution in [0.15, 0.2) is 30.6 Å². The molecule has 1 aromatic carbocycles. The lowest BCUT2D eigenvalue weighted by Crippen LogP contribution is -2.27. The predicted molar refractivity (Wildman–Crippen MR) is 74.6 cm³/mol. The number of hydrogen-bond acceptors (Lipinski definition) is 3. The van der Waals surface area contributed by atoms with Gasteiger partial charge in [-0.1, -0.05) is 0 Å². The highest BCUT2D eigenvalue weighted by Gasteiger charge is 2.19. The topological polar surface area (TPSA) is 72.9 Å². The first kappa shape index (κ1) is 14.0. The summed E-state index contributed by atoms with van der Waals surface area (Å²) in [4.78, 5) is 11.6. The largest absolute Gasteiger partial charge is 0.370 e. The van der Waals surface area contributed by atoms with Gasteiger partial charge in [0.25, 0.3) is 0 Å². The van der Waals surface area contributed by atoms with Crippen molar-refractivity contribution < 1.29 is 9.18 Å². The van der Waals surface area contributed by atoms with Gasteiger partial charge >= 0.3 is 0 Å². The summed E-state index contributed by atoms with van der Waals surface area (Å²) in [5.74, 6) is -0.900. The first-order valence-electron chi connectivity index (χ1n) is 6.35. The van der Waals surface area contributed by atoms with Crippen LogP contribution in [0, 0.1) is 12.7 Å². The fourth-order valence-corrected chi connectivity index (χ4v) is 2.01. The number of anilines is 1. The number of hydrogen-bond donors (Lipinski definition) is 2. The van der Waals surface area contributed by atoms with Crippen molar-refractivity contribution in [3.63, 3.8) is 0 Å². The molecule has 1 aromatic heterocycles. The van der Waals surface area contributed by atoms with E-state index in [1.54, 1.807) is 30.1 Å². The van der Waals surface area contributed by atoms with Gasteiger partial charge in [-0.3, -0.25) is 9.48 Å². The van der Waals surface area contributed by atoms with Crippen LogP contribution in [0.2, 0.25) is 0 Å². The Morgan fingerprint density at radius 2 is 2.25 bits per heavy atom. The minimum atomic E-state index is -0.739. The SMILES string of the molecule is CCn1cc(C(Nc2cc(C)cc(F)c2)C(N)=O)cn1. The van der Waals surface area contributed by atoms with E-state index in [9.17, 15) is 9.18 Å². The van der Waals surface area contributed by atoms with Crippen LogP contribution in [0.1, 0.15) is 24.1 Å². The van der Waals surface area contributed by atoms with Gasteiger partial charge in [-0.05, 0) is 37.6 Å². The Hall–Kier alpha value is -2.37. The number of benzene rings is 1.